The predicted molar refractivity (Wildman–Crippen MR) is 56.5 cm³/mol. The molecule has 98 valence electrons. The van der Waals surface area contributed by atoms with Gasteiger partial charge in [-0.1, -0.05) is 6.07 Å². The van der Waals surface area contributed by atoms with E-state index in [-0.39, 0.29) is 0 Å². The number of alkyl halides is 3. The molecule has 0 saturated heterocycles. The van der Waals surface area contributed by atoms with Gasteiger partial charge in [0.2, 0.25) is 5.96 Å². The Morgan fingerprint density at radius 3 is 2.50 bits per heavy atom. The minimum Gasteiger partial charge on any atom is -0.405 e. The molecule has 1 aromatic rings. The maximum atomic E-state index is 13.3. The first-order valence-corrected chi connectivity index (χ1v) is 4.46. The molecule has 1 aromatic carbocycles. The quantitative estimate of drug-likeness (QED) is 0.374. The summed E-state index contributed by atoms with van der Waals surface area (Å²) in [5, 5.41) is 6.35. The molecule has 0 radical (unpaired) electrons. The van der Waals surface area contributed by atoms with Crippen molar-refractivity contribution in [2.75, 3.05) is 0 Å². The van der Waals surface area contributed by atoms with E-state index in [1.54, 1.807) is 0 Å². The van der Waals surface area contributed by atoms with Crippen molar-refractivity contribution in [1.82, 2.24) is 0 Å². The Balaban J connectivity index is 3.09. The average molecular weight is 264 g/mol. The second-order valence-corrected chi connectivity index (χ2v) is 2.97. The summed E-state index contributed by atoms with van der Waals surface area (Å²) in [6.45, 7) is 0. The molecule has 4 N–H and O–H groups in total. The molecule has 0 bridgehead atoms. The van der Waals surface area contributed by atoms with Gasteiger partial charge < -0.3 is 16.2 Å². The van der Waals surface area contributed by atoms with Gasteiger partial charge in [0.05, 0.1) is 11.8 Å². The van der Waals surface area contributed by atoms with E-state index in [0.29, 0.717) is 0 Å². The van der Waals surface area contributed by atoms with Crippen LogP contribution in [0.1, 0.15) is 5.56 Å². The highest BCUT2D eigenvalue weighted by Gasteiger charge is 2.32. The molecular formula is C9H8F4N4O. The first-order valence-electron chi connectivity index (χ1n) is 4.46. The van der Waals surface area contributed by atoms with Gasteiger partial charge in [-0.15, -0.1) is 18.3 Å². The zero-order valence-corrected chi connectivity index (χ0v) is 8.78. The van der Waals surface area contributed by atoms with Gasteiger partial charge in [-0.05, 0) is 12.1 Å². The van der Waals surface area contributed by atoms with E-state index < -0.39 is 29.5 Å². The standard InChI is InChI=1S/C9H8F4N4O/c10-6-2-1-3-7(18-9(11,12)13)5(6)4-16-17-8(14)15/h1-4H,(H4,14,15,17). The van der Waals surface area contributed by atoms with Crippen molar-refractivity contribution in [2.45, 2.75) is 6.36 Å². The van der Waals surface area contributed by atoms with Crippen LogP contribution >= 0.6 is 0 Å². The van der Waals surface area contributed by atoms with E-state index in [1.807, 2.05) is 0 Å². The third kappa shape index (κ3) is 4.28. The van der Waals surface area contributed by atoms with Crippen molar-refractivity contribution >= 4 is 12.2 Å². The summed E-state index contributed by atoms with van der Waals surface area (Å²) in [6.07, 6.45) is -4.22. The minimum atomic E-state index is -4.94. The van der Waals surface area contributed by atoms with E-state index in [2.05, 4.69) is 14.9 Å². The van der Waals surface area contributed by atoms with Crippen molar-refractivity contribution in [2.24, 2.45) is 21.7 Å². The smallest absolute Gasteiger partial charge is 0.405 e. The molecule has 0 heterocycles. The largest absolute Gasteiger partial charge is 0.573 e. The summed E-state index contributed by atoms with van der Waals surface area (Å²) in [5.41, 5.74) is 9.37. The molecule has 0 aliphatic heterocycles. The van der Waals surface area contributed by atoms with Gasteiger partial charge in [0.25, 0.3) is 0 Å². The molecule has 0 aliphatic carbocycles. The van der Waals surface area contributed by atoms with Crippen molar-refractivity contribution in [3.05, 3.63) is 29.6 Å². The van der Waals surface area contributed by atoms with Crippen LogP contribution in [0.5, 0.6) is 5.75 Å². The number of rotatable bonds is 3. The summed E-state index contributed by atoms with van der Waals surface area (Å²) in [7, 11) is 0. The third-order valence-electron chi connectivity index (χ3n) is 1.60. The van der Waals surface area contributed by atoms with Gasteiger partial charge in [-0.3, -0.25) is 0 Å². The molecule has 0 spiro atoms. The summed E-state index contributed by atoms with van der Waals surface area (Å²) >= 11 is 0. The lowest BCUT2D eigenvalue weighted by Gasteiger charge is -2.11. The van der Waals surface area contributed by atoms with Gasteiger partial charge in [-0.25, -0.2) is 4.39 Å². The van der Waals surface area contributed by atoms with E-state index in [9.17, 15) is 17.6 Å². The second-order valence-electron chi connectivity index (χ2n) is 2.97. The van der Waals surface area contributed by atoms with E-state index >= 15 is 0 Å². The zero-order valence-electron chi connectivity index (χ0n) is 8.78. The first-order chi connectivity index (χ1) is 8.29. The molecule has 0 aromatic heterocycles. The van der Waals surface area contributed by atoms with E-state index in [4.69, 9.17) is 11.5 Å². The molecule has 0 saturated carbocycles. The zero-order chi connectivity index (χ0) is 13.8. The molecule has 9 heteroatoms. The highest BCUT2D eigenvalue weighted by molar-refractivity contribution is 5.84. The molecule has 5 nitrogen and oxygen atoms in total. The minimum absolute atomic E-state index is 0.416. The van der Waals surface area contributed by atoms with Crippen molar-refractivity contribution < 1.29 is 22.3 Å². The van der Waals surface area contributed by atoms with Crippen molar-refractivity contribution in [1.29, 1.82) is 0 Å². The Bertz CT molecular complexity index is 480. The fourth-order valence-electron chi connectivity index (χ4n) is 1.01. The predicted octanol–water partition coefficient (Wildman–Crippen LogP) is 1.33. The van der Waals surface area contributed by atoms with Gasteiger partial charge in [0.1, 0.15) is 11.6 Å². The number of halogens is 4. The third-order valence-corrected chi connectivity index (χ3v) is 1.60. The molecule has 1 rings (SSSR count). The number of hydrogen-bond donors (Lipinski definition) is 2. The number of guanidine groups is 1. The van der Waals surface area contributed by atoms with Crippen LogP contribution in [0, 0.1) is 5.82 Å². The molecule has 0 fully saturated rings. The Labute approximate surface area is 98.7 Å². The Morgan fingerprint density at radius 2 is 1.94 bits per heavy atom. The van der Waals surface area contributed by atoms with Crippen molar-refractivity contribution in [3.63, 3.8) is 0 Å². The fourth-order valence-corrected chi connectivity index (χ4v) is 1.01. The topological polar surface area (TPSA) is 86.0 Å². The Hall–Kier alpha value is -2.32. The molecule has 0 amide bonds. The lowest BCUT2D eigenvalue weighted by Crippen LogP contribution is -2.21. The van der Waals surface area contributed by atoms with Crippen LogP contribution in [0.15, 0.2) is 28.4 Å². The SMILES string of the molecule is NC(N)=NN=Cc1c(F)cccc1OC(F)(F)F. The second kappa shape index (κ2) is 5.34. The van der Waals surface area contributed by atoms with Gasteiger partial charge >= 0.3 is 6.36 Å². The van der Waals surface area contributed by atoms with Crippen LogP contribution in [-0.2, 0) is 0 Å². The Kier molecular flexibility index (Phi) is 4.08. The number of hydrogen-bond acceptors (Lipinski definition) is 3. The number of benzene rings is 1. The highest BCUT2D eigenvalue weighted by atomic mass is 19.4. The number of nitrogens with zero attached hydrogens (tertiary/aromatic N) is 2. The van der Waals surface area contributed by atoms with Crippen LogP contribution in [0.3, 0.4) is 0 Å². The monoisotopic (exact) mass is 264 g/mol. The van der Waals surface area contributed by atoms with E-state index in [1.165, 1.54) is 0 Å². The Morgan fingerprint density at radius 1 is 1.28 bits per heavy atom. The fraction of sp³-hybridized carbons (Fsp3) is 0.111. The lowest BCUT2D eigenvalue weighted by atomic mass is 10.2. The summed E-state index contributed by atoms with van der Waals surface area (Å²) < 4.78 is 53.1. The van der Waals surface area contributed by atoms with Crippen LogP contribution < -0.4 is 16.2 Å². The van der Waals surface area contributed by atoms with Crippen LogP contribution in [0.2, 0.25) is 0 Å². The molecule has 0 atom stereocenters. The molecular weight excluding hydrogens is 256 g/mol. The summed E-state index contributed by atoms with van der Waals surface area (Å²) in [4.78, 5) is 0. The van der Waals surface area contributed by atoms with Gasteiger partial charge in [0.15, 0.2) is 0 Å². The first kappa shape index (κ1) is 13.7. The van der Waals surface area contributed by atoms with E-state index in [0.717, 1.165) is 24.4 Å². The molecule has 0 aliphatic rings. The number of ether oxygens (including phenoxy) is 1. The van der Waals surface area contributed by atoms with Gasteiger partial charge in [0, 0.05) is 0 Å². The maximum absolute atomic E-state index is 13.3. The normalized spacial score (nSPS) is 11.6. The summed E-state index contributed by atoms with van der Waals surface area (Å²) in [6, 6.07) is 2.95. The molecule has 18 heavy (non-hydrogen) atoms. The highest BCUT2D eigenvalue weighted by Crippen LogP contribution is 2.26. The average Bonchev–Trinajstić information content (AvgIpc) is 2.19. The molecule has 0 unspecified atom stereocenters. The van der Waals surface area contributed by atoms with Crippen molar-refractivity contribution in [3.8, 4) is 5.75 Å². The summed E-state index contributed by atoms with van der Waals surface area (Å²) in [5.74, 6) is -2.11. The van der Waals surface area contributed by atoms with Gasteiger partial charge in [-0.2, -0.15) is 5.10 Å². The number of nitrogens with two attached hydrogens (primary N) is 2. The maximum Gasteiger partial charge on any atom is 0.573 e. The lowest BCUT2D eigenvalue weighted by molar-refractivity contribution is -0.274. The van der Waals surface area contributed by atoms with Crippen LogP contribution in [0.4, 0.5) is 17.6 Å². The van der Waals surface area contributed by atoms with Crippen LogP contribution in [-0.4, -0.2) is 18.5 Å². The van der Waals surface area contributed by atoms with Crippen LogP contribution in [0.25, 0.3) is 0 Å².